The van der Waals surface area contributed by atoms with Gasteiger partial charge in [-0.15, -0.1) is 0 Å². The lowest BCUT2D eigenvalue weighted by molar-refractivity contribution is 0.0197. The Morgan fingerprint density at radius 2 is 1.84 bits per heavy atom. The number of benzene rings is 1. The standard InChI is InChI=1S/C25H37N5O2/c1-25(2,3)32-24(31)30-11-5-6-21(18-30)23-22(16-26-27-23)20-9-7-19(8-10-20)17-29-14-12-28(4)13-15-29/h7-10,16,21H,5-6,11-15,17-18H2,1-4H3,(H,26,27). The van der Waals surface area contributed by atoms with Crippen molar-refractivity contribution in [3.8, 4) is 11.1 Å². The number of piperazine rings is 1. The first kappa shape index (κ1) is 22.8. The molecule has 1 unspecified atom stereocenters. The zero-order valence-corrected chi connectivity index (χ0v) is 19.9. The number of nitrogens with one attached hydrogen (secondary N) is 1. The molecule has 2 saturated heterocycles. The number of likely N-dealkylation sites (N-methyl/N-ethyl adjacent to an activating group) is 1. The molecule has 2 fully saturated rings. The number of hydrogen-bond acceptors (Lipinski definition) is 5. The van der Waals surface area contributed by atoms with E-state index in [0.29, 0.717) is 6.54 Å². The van der Waals surface area contributed by atoms with Crippen molar-refractivity contribution in [2.24, 2.45) is 0 Å². The molecule has 0 saturated carbocycles. The Kier molecular flexibility index (Phi) is 6.86. The van der Waals surface area contributed by atoms with Gasteiger partial charge in [-0.25, -0.2) is 4.79 Å². The molecule has 1 aromatic carbocycles. The van der Waals surface area contributed by atoms with Crippen LogP contribution in [0.1, 0.15) is 50.8 Å². The number of likely N-dealkylation sites (tertiary alicyclic amines) is 1. The van der Waals surface area contributed by atoms with E-state index in [-0.39, 0.29) is 12.0 Å². The second-order valence-electron chi connectivity index (χ2n) is 10.2. The summed E-state index contributed by atoms with van der Waals surface area (Å²) in [5.41, 5.74) is 4.29. The lowest BCUT2D eigenvalue weighted by Crippen LogP contribution is -2.43. The van der Waals surface area contributed by atoms with Gasteiger partial charge in [-0.3, -0.25) is 10.00 Å². The lowest BCUT2D eigenvalue weighted by Gasteiger charge is -2.34. The molecule has 4 rings (SSSR count). The molecular weight excluding hydrogens is 402 g/mol. The fourth-order valence-electron chi connectivity index (χ4n) is 4.60. The highest BCUT2D eigenvalue weighted by molar-refractivity contribution is 5.69. The number of aromatic amines is 1. The number of hydrogen-bond donors (Lipinski definition) is 1. The van der Waals surface area contributed by atoms with E-state index in [2.05, 4.69) is 51.3 Å². The van der Waals surface area contributed by atoms with E-state index in [4.69, 9.17) is 4.74 Å². The summed E-state index contributed by atoms with van der Waals surface area (Å²) in [7, 11) is 2.19. The molecule has 1 amide bonds. The smallest absolute Gasteiger partial charge is 0.410 e. The van der Waals surface area contributed by atoms with Crippen LogP contribution < -0.4 is 0 Å². The number of carbonyl (C=O) groups excluding carboxylic acids is 1. The maximum absolute atomic E-state index is 12.6. The Bertz CT molecular complexity index is 894. The molecule has 0 spiro atoms. The summed E-state index contributed by atoms with van der Waals surface area (Å²) in [6.07, 6.45) is 3.69. The summed E-state index contributed by atoms with van der Waals surface area (Å²) in [5, 5.41) is 7.58. The second-order valence-corrected chi connectivity index (χ2v) is 10.2. The van der Waals surface area contributed by atoms with Crippen molar-refractivity contribution in [1.82, 2.24) is 24.9 Å². The molecule has 0 aliphatic carbocycles. The summed E-state index contributed by atoms with van der Waals surface area (Å²) in [6.45, 7) is 12.7. The van der Waals surface area contributed by atoms with Gasteiger partial charge < -0.3 is 14.5 Å². The minimum absolute atomic E-state index is 0.225. The largest absolute Gasteiger partial charge is 0.444 e. The number of nitrogens with zero attached hydrogens (tertiary/aromatic N) is 4. The Hall–Kier alpha value is -2.38. The van der Waals surface area contributed by atoms with Crippen molar-refractivity contribution in [1.29, 1.82) is 0 Å². The van der Waals surface area contributed by atoms with Crippen molar-refractivity contribution in [3.63, 3.8) is 0 Å². The average molecular weight is 440 g/mol. The molecule has 32 heavy (non-hydrogen) atoms. The first-order chi connectivity index (χ1) is 15.3. The zero-order chi connectivity index (χ0) is 22.7. The minimum atomic E-state index is -0.477. The Morgan fingerprint density at radius 1 is 1.12 bits per heavy atom. The SMILES string of the molecule is CN1CCN(Cc2ccc(-c3cn[nH]c3C3CCCN(C(=O)OC(C)(C)C)C3)cc2)CC1. The predicted molar refractivity (Wildman–Crippen MR) is 127 cm³/mol. The number of piperidine rings is 1. The molecule has 1 N–H and O–H groups in total. The van der Waals surface area contributed by atoms with E-state index in [9.17, 15) is 4.79 Å². The second kappa shape index (κ2) is 9.63. The first-order valence-electron chi connectivity index (χ1n) is 11.8. The van der Waals surface area contributed by atoms with Gasteiger partial charge in [0.05, 0.1) is 6.20 Å². The molecule has 1 atom stereocenters. The van der Waals surface area contributed by atoms with Gasteiger partial charge in [-0.2, -0.15) is 5.10 Å². The third kappa shape index (κ3) is 5.70. The van der Waals surface area contributed by atoms with Gasteiger partial charge in [0, 0.05) is 63.0 Å². The quantitative estimate of drug-likeness (QED) is 0.782. The Morgan fingerprint density at radius 3 is 2.53 bits per heavy atom. The molecule has 1 aromatic heterocycles. The third-order valence-electron chi connectivity index (χ3n) is 6.42. The summed E-state index contributed by atoms with van der Waals surface area (Å²) < 4.78 is 5.59. The van der Waals surface area contributed by atoms with Gasteiger partial charge in [0.2, 0.25) is 0 Å². The van der Waals surface area contributed by atoms with Crippen LogP contribution in [0.25, 0.3) is 11.1 Å². The van der Waals surface area contributed by atoms with Gasteiger partial charge in [0.1, 0.15) is 5.60 Å². The number of ether oxygens (including phenoxy) is 1. The van der Waals surface area contributed by atoms with Crippen LogP contribution >= 0.6 is 0 Å². The number of H-pyrrole nitrogens is 1. The summed E-state index contributed by atoms with van der Waals surface area (Å²) in [4.78, 5) is 19.3. The first-order valence-corrected chi connectivity index (χ1v) is 11.8. The van der Waals surface area contributed by atoms with E-state index >= 15 is 0 Å². The molecule has 7 heteroatoms. The highest BCUT2D eigenvalue weighted by Gasteiger charge is 2.30. The number of amides is 1. The minimum Gasteiger partial charge on any atom is -0.444 e. The molecule has 174 valence electrons. The Labute approximate surface area is 191 Å². The van der Waals surface area contributed by atoms with Crippen LogP contribution in [0.2, 0.25) is 0 Å². The lowest BCUT2D eigenvalue weighted by atomic mass is 9.90. The van der Waals surface area contributed by atoms with Crippen molar-refractivity contribution in [2.75, 3.05) is 46.3 Å². The molecule has 0 radical (unpaired) electrons. The zero-order valence-electron chi connectivity index (χ0n) is 19.9. The Balaban J connectivity index is 1.42. The average Bonchev–Trinajstić information content (AvgIpc) is 3.25. The van der Waals surface area contributed by atoms with Crippen LogP contribution in [-0.4, -0.2) is 82.9 Å². The predicted octanol–water partition coefficient (Wildman–Crippen LogP) is 3.94. The van der Waals surface area contributed by atoms with Gasteiger partial charge >= 0.3 is 6.09 Å². The molecule has 2 aliphatic heterocycles. The van der Waals surface area contributed by atoms with Crippen LogP contribution in [-0.2, 0) is 11.3 Å². The number of carbonyl (C=O) groups is 1. The maximum atomic E-state index is 12.6. The number of rotatable bonds is 4. The summed E-state index contributed by atoms with van der Waals surface area (Å²) in [6, 6.07) is 8.87. The molecular formula is C25H37N5O2. The highest BCUT2D eigenvalue weighted by atomic mass is 16.6. The molecule has 2 aromatic rings. The van der Waals surface area contributed by atoms with Crippen molar-refractivity contribution < 1.29 is 9.53 Å². The van der Waals surface area contributed by atoms with E-state index in [1.807, 2.05) is 31.9 Å². The van der Waals surface area contributed by atoms with Crippen LogP contribution in [0.15, 0.2) is 30.5 Å². The van der Waals surface area contributed by atoms with Gasteiger partial charge in [0.15, 0.2) is 0 Å². The molecule has 7 nitrogen and oxygen atoms in total. The third-order valence-corrected chi connectivity index (χ3v) is 6.42. The fourth-order valence-corrected chi connectivity index (χ4v) is 4.60. The molecule has 0 bridgehead atoms. The highest BCUT2D eigenvalue weighted by Crippen LogP contribution is 2.33. The van der Waals surface area contributed by atoms with Crippen LogP contribution in [0, 0.1) is 0 Å². The number of aromatic nitrogens is 2. The summed E-state index contributed by atoms with van der Waals surface area (Å²) >= 11 is 0. The molecule has 2 aliphatic rings. The van der Waals surface area contributed by atoms with Crippen molar-refractivity contribution in [2.45, 2.75) is 51.7 Å². The van der Waals surface area contributed by atoms with Crippen LogP contribution in [0.3, 0.4) is 0 Å². The monoisotopic (exact) mass is 439 g/mol. The van der Waals surface area contributed by atoms with Gasteiger partial charge in [-0.05, 0) is 51.8 Å². The van der Waals surface area contributed by atoms with Gasteiger partial charge in [0.25, 0.3) is 0 Å². The van der Waals surface area contributed by atoms with E-state index in [0.717, 1.165) is 63.4 Å². The topological polar surface area (TPSA) is 64.7 Å². The molecule has 3 heterocycles. The van der Waals surface area contributed by atoms with E-state index in [1.54, 1.807) is 0 Å². The fraction of sp³-hybridized carbons (Fsp3) is 0.600. The van der Waals surface area contributed by atoms with E-state index in [1.165, 1.54) is 11.1 Å². The normalized spacial score (nSPS) is 21.0. The van der Waals surface area contributed by atoms with E-state index < -0.39 is 5.60 Å². The van der Waals surface area contributed by atoms with Gasteiger partial charge in [-0.1, -0.05) is 24.3 Å². The summed E-state index contributed by atoms with van der Waals surface area (Å²) in [5.74, 6) is 0.235. The van der Waals surface area contributed by atoms with Crippen LogP contribution in [0.4, 0.5) is 4.79 Å². The van der Waals surface area contributed by atoms with Crippen LogP contribution in [0.5, 0.6) is 0 Å². The maximum Gasteiger partial charge on any atom is 0.410 e. The van der Waals surface area contributed by atoms with Crippen molar-refractivity contribution >= 4 is 6.09 Å². The van der Waals surface area contributed by atoms with Crippen molar-refractivity contribution in [3.05, 3.63) is 41.7 Å².